The summed E-state index contributed by atoms with van der Waals surface area (Å²) in [7, 11) is 2.10. The Morgan fingerprint density at radius 2 is 1.38 bits per heavy atom. The van der Waals surface area contributed by atoms with Crippen LogP contribution in [0.5, 0.6) is 11.5 Å². The van der Waals surface area contributed by atoms with Crippen LogP contribution >= 0.6 is 0 Å². The number of benzene rings is 3. The largest absolute Gasteiger partial charge is 0.457 e. The van der Waals surface area contributed by atoms with Crippen LogP contribution in [0.25, 0.3) is 0 Å². The van der Waals surface area contributed by atoms with Gasteiger partial charge in [0.05, 0.1) is 18.0 Å². The first-order chi connectivity index (χ1) is 22.1. The summed E-state index contributed by atoms with van der Waals surface area (Å²) in [5, 5.41) is 0. The molecule has 5 heteroatoms. The topological polar surface area (TPSA) is 31.8 Å². The first-order valence-electron chi connectivity index (χ1n) is 17.1. The summed E-state index contributed by atoms with van der Waals surface area (Å²) in [6.07, 6.45) is 6.20. The molecule has 0 amide bonds. The zero-order chi connectivity index (χ0) is 33.9. The van der Waals surface area contributed by atoms with Crippen LogP contribution in [0.4, 0.5) is 22.9 Å². The molecule has 3 aromatic carbocycles. The second kappa shape index (κ2) is 11.8. The molecule has 0 saturated carbocycles. The molecule has 0 unspecified atom stereocenters. The van der Waals surface area contributed by atoms with Crippen molar-refractivity contribution in [2.24, 2.45) is 11.8 Å². The Morgan fingerprint density at radius 1 is 0.702 bits per heavy atom. The lowest BCUT2D eigenvalue weighted by atomic mass is 9.58. The first kappa shape index (κ1) is 32.7. The number of nitrogens with zero attached hydrogens (tertiary/aromatic N) is 4. The van der Waals surface area contributed by atoms with Gasteiger partial charge in [-0.25, -0.2) is 4.98 Å². The van der Waals surface area contributed by atoms with Gasteiger partial charge in [0.15, 0.2) is 0 Å². The molecule has 0 bridgehead atoms. The molecule has 0 spiro atoms. The number of aromatic nitrogens is 1. The Balaban J connectivity index is 1.54. The minimum atomic E-state index is -0.184. The average molecular weight is 629 g/mol. The van der Waals surface area contributed by atoms with Gasteiger partial charge in [-0.15, -0.1) is 0 Å². The smallest absolute Gasteiger partial charge is 0.137 e. The summed E-state index contributed by atoms with van der Waals surface area (Å²) in [6.45, 7) is 23.8. The zero-order valence-corrected chi connectivity index (χ0v) is 30.2. The first-order valence-corrected chi connectivity index (χ1v) is 17.1. The highest BCUT2D eigenvalue weighted by Gasteiger charge is 2.48. The molecule has 47 heavy (non-hydrogen) atoms. The molecule has 2 aliphatic rings. The number of anilines is 4. The number of hydrogen-bond acceptors (Lipinski definition) is 5. The average Bonchev–Trinajstić information content (AvgIpc) is 3.44. The van der Waals surface area contributed by atoms with E-state index in [1.807, 2.05) is 6.20 Å². The van der Waals surface area contributed by atoms with Gasteiger partial charge in [0.25, 0.3) is 0 Å². The molecule has 5 nitrogen and oxygen atoms in total. The van der Waals surface area contributed by atoms with E-state index in [0.29, 0.717) is 11.8 Å². The second-order valence-corrected chi connectivity index (χ2v) is 16.1. The van der Waals surface area contributed by atoms with E-state index in [1.54, 1.807) is 0 Å². The van der Waals surface area contributed by atoms with Crippen molar-refractivity contribution in [2.75, 3.05) is 23.5 Å². The van der Waals surface area contributed by atoms with Crippen molar-refractivity contribution in [1.29, 1.82) is 0 Å². The van der Waals surface area contributed by atoms with Crippen molar-refractivity contribution < 1.29 is 4.74 Å². The molecule has 0 radical (unpaired) electrons. The van der Waals surface area contributed by atoms with Gasteiger partial charge in [0.2, 0.25) is 0 Å². The third-order valence-electron chi connectivity index (χ3n) is 10.1. The maximum Gasteiger partial charge on any atom is 0.137 e. The van der Waals surface area contributed by atoms with Crippen LogP contribution in [0.1, 0.15) is 91.5 Å². The van der Waals surface area contributed by atoms with Crippen LogP contribution < -0.4 is 14.5 Å². The molecule has 0 saturated heterocycles. The Labute approximate surface area is 282 Å². The van der Waals surface area contributed by atoms with Crippen molar-refractivity contribution in [3.8, 4) is 11.5 Å². The van der Waals surface area contributed by atoms with Gasteiger partial charge < -0.3 is 14.5 Å². The highest BCUT2D eigenvalue weighted by Crippen LogP contribution is 2.58. The van der Waals surface area contributed by atoms with Crippen molar-refractivity contribution in [2.45, 2.75) is 85.5 Å². The molecular weight excluding hydrogens is 576 g/mol. The predicted molar refractivity (Wildman–Crippen MR) is 198 cm³/mol. The summed E-state index contributed by atoms with van der Waals surface area (Å²) < 4.78 is 6.84. The molecule has 3 heterocycles. The SMILES string of the molecule is CC(C)C1(C(C)C)c2ccccc2N(c2cc(C(C)(C)C)ccn2)c2cc(Oc3cc(N4C=CN(C)C4)cc(C(C)(C)C)c3)ccc21. The van der Waals surface area contributed by atoms with Crippen LogP contribution in [-0.4, -0.2) is 23.6 Å². The molecule has 0 aliphatic carbocycles. The van der Waals surface area contributed by atoms with Crippen LogP contribution in [-0.2, 0) is 16.2 Å². The summed E-state index contributed by atoms with van der Waals surface area (Å²) in [5.74, 6) is 3.30. The summed E-state index contributed by atoms with van der Waals surface area (Å²) in [5.41, 5.74) is 8.37. The quantitative estimate of drug-likeness (QED) is 0.212. The lowest BCUT2D eigenvalue weighted by Gasteiger charge is -2.50. The Hall–Kier alpha value is -4.25. The van der Waals surface area contributed by atoms with Crippen LogP contribution in [0.2, 0.25) is 0 Å². The highest BCUT2D eigenvalue weighted by molar-refractivity contribution is 5.86. The minimum Gasteiger partial charge on any atom is -0.457 e. The van der Waals surface area contributed by atoms with Gasteiger partial charge in [-0.2, -0.15) is 0 Å². The van der Waals surface area contributed by atoms with E-state index in [2.05, 4.69) is 176 Å². The monoisotopic (exact) mass is 628 g/mol. The number of pyridine rings is 1. The highest BCUT2D eigenvalue weighted by atomic mass is 16.5. The fourth-order valence-corrected chi connectivity index (χ4v) is 7.64. The van der Waals surface area contributed by atoms with Gasteiger partial charge in [-0.1, -0.05) is 93.5 Å². The fraction of sp³-hybridized carbons (Fsp3) is 0.405. The molecule has 0 fully saturated rings. The molecule has 1 aromatic heterocycles. The van der Waals surface area contributed by atoms with E-state index in [-0.39, 0.29) is 16.2 Å². The number of hydrogen-bond donors (Lipinski definition) is 0. The normalized spacial score (nSPS) is 15.8. The summed E-state index contributed by atoms with van der Waals surface area (Å²) >= 11 is 0. The van der Waals surface area contributed by atoms with Gasteiger partial charge in [-0.05, 0) is 81.3 Å². The lowest BCUT2D eigenvalue weighted by molar-refractivity contribution is 0.272. The predicted octanol–water partition coefficient (Wildman–Crippen LogP) is 11.0. The minimum absolute atomic E-state index is 0.00444. The summed E-state index contributed by atoms with van der Waals surface area (Å²) in [4.78, 5) is 11.8. The van der Waals surface area contributed by atoms with Crippen LogP contribution in [0.3, 0.4) is 0 Å². The van der Waals surface area contributed by atoms with Gasteiger partial charge >= 0.3 is 0 Å². The Kier molecular flexibility index (Phi) is 8.18. The molecule has 0 N–H and O–H groups in total. The van der Waals surface area contributed by atoms with E-state index in [1.165, 1.54) is 27.9 Å². The van der Waals surface area contributed by atoms with Gasteiger partial charge in [0.1, 0.15) is 17.3 Å². The number of ether oxygens (including phenoxy) is 1. The molecule has 0 atom stereocenters. The third kappa shape index (κ3) is 5.79. The van der Waals surface area contributed by atoms with E-state index < -0.39 is 0 Å². The molecular formula is C42H52N4O. The van der Waals surface area contributed by atoms with Crippen molar-refractivity contribution in [1.82, 2.24) is 9.88 Å². The van der Waals surface area contributed by atoms with E-state index >= 15 is 0 Å². The molecule has 2 aliphatic heterocycles. The van der Waals surface area contributed by atoms with Crippen molar-refractivity contribution in [3.05, 3.63) is 114 Å². The van der Waals surface area contributed by atoms with E-state index in [4.69, 9.17) is 9.72 Å². The second-order valence-electron chi connectivity index (χ2n) is 16.1. The van der Waals surface area contributed by atoms with Crippen LogP contribution in [0.15, 0.2) is 91.4 Å². The van der Waals surface area contributed by atoms with Crippen molar-refractivity contribution in [3.63, 3.8) is 0 Å². The maximum absolute atomic E-state index is 6.84. The number of fused-ring (bicyclic) bond motifs is 2. The maximum atomic E-state index is 6.84. The third-order valence-corrected chi connectivity index (χ3v) is 10.1. The molecule has 6 rings (SSSR count). The van der Waals surface area contributed by atoms with Crippen molar-refractivity contribution >= 4 is 22.9 Å². The van der Waals surface area contributed by atoms with Crippen LogP contribution in [0, 0.1) is 11.8 Å². The summed E-state index contributed by atoms with van der Waals surface area (Å²) in [6, 6.07) is 26.7. The Bertz CT molecular complexity index is 1800. The fourth-order valence-electron chi connectivity index (χ4n) is 7.64. The van der Waals surface area contributed by atoms with E-state index in [0.717, 1.165) is 35.4 Å². The van der Waals surface area contributed by atoms with Gasteiger partial charge in [0, 0.05) is 48.9 Å². The van der Waals surface area contributed by atoms with E-state index in [9.17, 15) is 0 Å². The standard InChI is InChI=1S/C42H52N4O/c1-28(2)42(29(3)4)35-14-12-13-15-37(35)46(39-24-30(18-19-43-39)40(5,6)7)38-26-33(16-17-36(38)42)47-34-23-31(41(8,9)10)22-32(25-34)45-21-20-44(11)27-45/h12-26,28-29H,27H2,1-11H3. The molecule has 4 aromatic rings. The number of rotatable bonds is 6. The zero-order valence-electron chi connectivity index (χ0n) is 30.2. The Morgan fingerprint density at radius 3 is 2.02 bits per heavy atom. The lowest BCUT2D eigenvalue weighted by Crippen LogP contribution is -2.44. The molecule has 246 valence electrons. The van der Waals surface area contributed by atoms with Gasteiger partial charge in [-0.3, -0.25) is 4.90 Å². The number of para-hydroxylation sites is 1.